The molecule has 0 aromatic heterocycles. The van der Waals surface area contributed by atoms with Crippen LogP contribution in [0.25, 0.3) is 0 Å². The molecule has 1 aliphatic heterocycles. The van der Waals surface area contributed by atoms with E-state index in [1.54, 1.807) is 0 Å². The number of rotatable bonds is 8. The first-order valence-electron chi connectivity index (χ1n) is 11.0. The molecular formula is C25H34BNO4. The summed E-state index contributed by atoms with van der Waals surface area (Å²) in [6, 6.07) is 15.8. The van der Waals surface area contributed by atoms with Gasteiger partial charge in [0.2, 0.25) is 5.91 Å². The van der Waals surface area contributed by atoms with Gasteiger partial charge in [-0.3, -0.25) is 4.79 Å². The highest BCUT2D eigenvalue weighted by Gasteiger charge is 2.51. The van der Waals surface area contributed by atoms with E-state index in [1.165, 1.54) is 0 Å². The number of hydrogen-bond donors (Lipinski definition) is 1. The monoisotopic (exact) mass is 423 g/mol. The summed E-state index contributed by atoms with van der Waals surface area (Å²) in [5, 5.41) is 2.99. The van der Waals surface area contributed by atoms with Crippen LogP contribution < -0.4 is 15.5 Å². The highest BCUT2D eigenvalue weighted by atomic mass is 16.7. The molecule has 0 aliphatic carbocycles. The van der Waals surface area contributed by atoms with Gasteiger partial charge in [0.25, 0.3) is 0 Å². The Morgan fingerprint density at radius 2 is 1.68 bits per heavy atom. The normalized spacial score (nSPS) is 17.1. The Morgan fingerprint density at radius 1 is 1.03 bits per heavy atom. The largest absolute Gasteiger partial charge is 0.494 e. The molecule has 166 valence electrons. The van der Waals surface area contributed by atoms with Crippen molar-refractivity contribution >= 4 is 18.5 Å². The second-order valence-electron chi connectivity index (χ2n) is 9.60. The number of nitrogens with one attached hydrogen (secondary N) is 1. The van der Waals surface area contributed by atoms with Gasteiger partial charge < -0.3 is 19.4 Å². The summed E-state index contributed by atoms with van der Waals surface area (Å²) >= 11 is 0. The lowest BCUT2D eigenvalue weighted by Crippen LogP contribution is -2.41. The lowest BCUT2D eigenvalue weighted by atomic mass is 9.78. The van der Waals surface area contributed by atoms with E-state index in [9.17, 15) is 4.79 Å². The molecule has 3 rings (SSSR count). The fraction of sp³-hybridized carbons (Fsp3) is 0.480. The highest BCUT2D eigenvalue weighted by molar-refractivity contribution is 6.62. The van der Waals surface area contributed by atoms with Crippen molar-refractivity contribution in [3.8, 4) is 5.75 Å². The van der Waals surface area contributed by atoms with Crippen molar-refractivity contribution in [1.29, 1.82) is 0 Å². The summed E-state index contributed by atoms with van der Waals surface area (Å²) in [7, 11) is -0.481. The van der Waals surface area contributed by atoms with E-state index in [2.05, 4.69) is 19.2 Å². The Hall–Kier alpha value is -2.31. The van der Waals surface area contributed by atoms with Gasteiger partial charge in [0, 0.05) is 12.1 Å². The van der Waals surface area contributed by atoms with Crippen LogP contribution in [0.5, 0.6) is 5.75 Å². The lowest BCUT2D eigenvalue weighted by Gasteiger charge is -2.32. The highest BCUT2D eigenvalue weighted by Crippen LogP contribution is 2.36. The molecular weight excluding hydrogens is 389 g/mol. The van der Waals surface area contributed by atoms with Crippen molar-refractivity contribution in [2.24, 2.45) is 5.92 Å². The van der Waals surface area contributed by atoms with Gasteiger partial charge in [-0.05, 0) is 50.7 Å². The van der Waals surface area contributed by atoms with Crippen molar-refractivity contribution in [3.05, 3.63) is 59.7 Å². The maximum Gasteiger partial charge on any atom is 0.494 e. The van der Waals surface area contributed by atoms with Crippen LogP contribution in [0.2, 0.25) is 0 Å². The molecule has 0 bridgehead atoms. The summed E-state index contributed by atoms with van der Waals surface area (Å²) in [5.41, 5.74) is 1.94. The van der Waals surface area contributed by atoms with Gasteiger partial charge in [-0.25, -0.2) is 0 Å². The topological polar surface area (TPSA) is 56.8 Å². The molecule has 1 N–H and O–H groups in total. The van der Waals surface area contributed by atoms with E-state index < -0.39 is 18.3 Å². The molecule has 6 heteroatoms. The summed E-state index contributed by atoms with van der Waals surface area (Å²) < 4.78 is 18.5. The summed E-state index contributed by atoms with van der Waals surface area (Å²) in [6.45, 7) is 13.4. The van der Waals surface area contributed by atoms with Gasteiger partial charge in [-0.15, -0.1) is 0 Å². The van der Waals surface area contributed by atoms with Crippen LogP contribution in [0.3, 0.4) is 0 Å². The standard InChI is InChI=1S/C25H34BNO4/c1-18(2)16-27-23(28)15-20-14-21(26-30-24(3,4)25(5,6)31-26)12-13-22(20)29-17-19-10-8-7-9-11-19/h7-14,18H,15-17H2,1-6H3,(H,27,28). The predicted molar refractivity (Wildman–Crippen MR) is 124 cm³/mol. The zero-order valence-electron chi connectivity index (χ0n) is 19.5. The number of ether oxygens (including phenoxy) is 1. The minimum absolute atomic E-state index is 0.0238. The van der Waals surface area contributed by atoms with E-state index in [1.807, 2.05) is 76.2 Å². The van der Waals surface area contributed by atoms with E-state index in [0.717, 1.165) is 16.6 Å². The number of benzene rings is 2. The van der Waals surface area contributed by atoms with Gasteiger partial charge in [-0.1, -0.05) is 56.3 Å². The van der Waals surface area contributed by atoms with Gasteiger partial charge in [0.05, 0.1) is 17.6 Å². The Balaban J connectivity index is 1.81. The molecule has 31 heavy (non-hydrogen) atoms. The summed E-state index contributed by atoms with van der Waals surface area (Å²) in [4.78, 5) is 12.6. The molecule has 2 aromatic rings. The first-order valence-corrected chi connectivity index (χ1v) is 11.0. The van der Waals surface area contributed by atoms with E-state index in [0.29, 0.717) is 24.8 Å². The van der Waals surface area contributed by atoms with Crippen molar-refractivity contribution in [2.45, 2.75) is 65.8 Å². The summed E-state index contributed by atoms with van der Waals surface area (Å²) in [6.07, 6.45) is 0.240. The molecule has 1 amide bonds. The molecule has 1 aliphatic rings. The van der Waals surface area contributed by atoms with Crippen LogP contribution in [-0.2, 0) is 27.1 Å². The minimum atomic E-state index is -0.481. The molecule has 1 heterocycles. The van der Waals surface area contributed by atoms with Gasteiger partial charge in [0.1, 0.15) is 12.4 Å². The van der Waals surface area contributed by atoms with Crippen molar-refractivity contribution < 1.29 is 18.8 Å². The zero-order chi connectivity index (χ0) is 22.6. The van der Waals surface area contributed by atoms with Crippen LogP contribution in [-0.4, -0.2) is 30.8 Å². The Labute approximate surface area is 186 Å². The SMILES string of the molecule is CC(C)CNC(=O)Cc1cc(B2OC(C)(C)C(C)(C)O2)ccc1OCc1ccccc1. The van der Waals surface area contributed by atoms with Crippen molar-refractivity contribution in [3.63, 3.8) is 0 Å². The van der Waals surface area contributed by atoms with Crippen LogP contribution in [0, 0.1) is 5.92 Å². The molecule has 0 saturated carbocycles. The van der Waals surface area contributed by atoms with Gasteiger partial charge in [-0.2, -0.15) is 0 Å². The third-order valence-corrected chi connectivity index (χ3v) is 5.91. The lowest BCUT2D eigenvalue weighted by molar-refractivity contribution is -0.120. The van der Waals surface area contributed by atoms with Crippen LogP contribution in [0.4, 0.5) is 0 Å². The molecule has 1 saturated heterocycles. The minimum Gasteiger partial charge on any atom is -0.489 e. The second-order valence-corrected chi connectivity index (χ2v) is 9.60. The van der Waals surface area contributed by atoms with Gasteiger partial charge >= 0.3 is 7.12 Å². The van der Waals surface area contributed by atoms with E-state index >= 15 is 0 Å². The van der Waals surface area contributed by atoms with E-state index in [4.69, 9.17) is 14.0 Å². The Kier molecular flexibility index (Phi) is 7.12. The number of hydrogen-bond acceptors (Lipinski definition) is 4. The number of carbonyl (C=O) groups is 1. The van der Waals surface area contributed by atoms with Crippen LogP contribution in [0.1, 0.15) is 52.7 Å². The predicted octanol–water partition coefficient (Wildman–Crippen LogP) is 3.88. The van der Waals surface area contributed by atoms with Gasteiger partial charge in [0.15, 0.2) is 0 Å². The first-order chi connectivity index (χ1) is 14.6. The molecule has 5 nitrogen and oxygen atoms in total. The number of carbonyl (C=O) groups excluding carboxylic acids is 1. The van der Waals surface area contributed by atoms with Crippen LogP contribution >= 0.6 is 0 Å². The molecule has 2 aromatic carbocycles. The zero-order valence-corrected chi connectivity index (χ0v) is 19.5. The van der Waals surface area contributed by atoms with Crippen LogP contribution in [0.15, 0.2) is 48.5 Å². The Morgan fingerprint density at radius 3 is 2.29 bits per heavy atom. The van der Waals surface area contributed by atoms with Crippen molar-refractivity contribution in [1.82, 2.24) is 5.32 Å². The fourth-order valence-corrected chi connectivity index (χ4v) is 3.29. The molecule has 0 spiro atoms. The molecule has 0 radical (unpaired) electrons. The third-order valence-electron chi connectivity index (χ3n) is 5.91. The van der Waals surface area contributed by atoms with E-state index in [-0.39, 0.29) is 12.3 Å². The third kappa shape index (κ3) is 5.89. The quantitative estimate of drug-likeness (QED) is 0.655. The smallest absolute Gasteiger partial charge is 0.489 e. The molecule has 0 unspecified atom stereocenters. The number of amides is 1. The summed E-state index contributed by atoms with van der Waals surface area (Å²) in [5.74, 6) is 1.07. The average molecular weight is 423 g/mol. The molecule has 1 fully saturated rings. The fourth-order valence-electron chi connectivity index (χ4n) is 3.29. The first kappa shape index (κ1) is 23.4. The molecule has 0 atom stereocenters. The maximum absolute atomic E-state index is 12.6. The maximum atomic E-state index is 12.6. The van der Waals surface area contributed by atoms with Crippen molar-refractivity contribution in [2.75, 3.05) is 6.54 Å². The Bertz CT molecular complexity index is 880. The average Bonchev–Trinajstić information content (AvgIpc) is 2.93. The second kappa shape index (κ2) is 9.45.